The maximum absolute atomic E-state index is 13.6. The first-order valence-corrected chi connectivity index (χ1v) is 6.97. The molecule has 126 valence electrons. The minimum atomic E-state index is -1.33. The third kappa shape index (κ3) is 5.01. The molecule has 0 bridgehead atoms. The molecular weight excluding hydrogens is 310 g/mol. The van der Waals surface area contributed by atoms with Crippen LogP contribution in [0.25, 0.3) is 0 Å². The molecule has 0 spiro atoms. The predicted molar refractivity (Wildman–Crippen MR) is 77.2 cm³/mol. The summed E-state index contributed by atoms with van der Waals surface area (Å²) in [6, 6.07) is 1.87. The van der Waals surface area contributed by atoms with Crippen molar-refractivity contribution in [3.05, 3.63) is 35.4 Å². The maximum atomic E-state index is 13.6. The molecule has 0 aliphatic rings. The van der Waals surface area contributed by atoms with Crippen LogP contribution in [0.1, 0.15) is 30.6 Å². The number of hydrogen-bond donors (Lipinski definition) is 2. The third-order valence-electron chi connectivity index (χ3n) is 3.15. The Labute approximate surface area is 132 Å². The zero-order chi connectivity index (χ0) is 17.6. The molecule has 0 unspecified atom stereocenters. The van der Waals surface area contributed by atoms with E-state index in [0.29, 0.717) is 0 Å². The van der Waals surface area contributed by atoms with Crippen LogP contribution in [0.15, 0.2) is 18.2 Å². The van der Waals surface area contributed by atoms with Gasteiger partial charge in [-0.2, -0.15) is 0 Å². The van der Waals surface area contributed by atoms with Crippen molar-refractivity contribution in [3.63, 3.8) is 0 Å². The SMILES string of the molecule is CCOC(=O)C[C@H](C)[C@@H](NC(=O)c1cccc(F)c1F)C(N)=O. The Bertz CT molecular complexity index is 607. The molecule has 0 aliphatic carbocycles. The fraction of sp³-hybridized carbons (Fsp3) is 0.400. The van der Waals surface area contributed by atoms with Gasteiger partial charge in [0.15, 0.2) is 11.6 Å². The Kier molecular flexibility index (Phi) is 6.62. The first-order valence-electron chi connectivity index (χ1n) is 6.97. The monoisotopic (exact) mass is 328 g/mol. The molecule has 23 heavy (non-hydrogen) atoms. The summed E-state index contributed by atoms with van der Waals surface area (Å²) in [6.45, 7) is 3.31. The minimum absolute atomic E-state index is 0.159. The lowest BCUT2D eigenvalue weighted by Gasteiger charge is -2.21. The number of nitrogens with one attached hydrogen (secondary N) is 1. The molecular formula is C15H18F2N2O4. The van der Waals surface area contributed by atoms with Crippen LogP contribution in [0.2, 0.25) is 0 Å². The number of esters is 1. The van der Waals surface area contributed by atoms with Crippen molar-refractivity contribution in [2.24, 2.45) is 11.7 Å². The highest BCUT2D eigenvalue weighted by molar-refractivity contribution is 5.97. The molecule has 1 rings (SSSR count). The summed E-state index contributed by atoms with van der Waals surface area (Å²) in [4.78, 5) is 34.9. The number of halogens is 2. The van der Waals surface area contributed by atoms with Crippen LogP contribution in [-0.4, -0.2) is 30.4 Å². The van der Waals surface area contributed by atoms with Gasteiger partial charge in [-0.1, -0.05) is 13.0 Å². The summed E-state index contributed by atoms with van der Waals surface area (Å²) < 4.78 is 31.5. The van der Waals surface area contributed by atoms with Crippen molar-refractivity contribution < 1.29 is 27.9 Å². The van der Waals surface area contributed by atoms with Gasteiger partial charge in [0, 0.05) is 0 Å². The van der Waals surface area contributed by atoms with Gasteiger partial charge in [0.2, 0.25) is 5.91 Å². The fourth-order valence-electron chi connectivity index (χ4n) is 1.99. The van der Waals surface area contributed by atoms with E-state index in [4.69, 9.17) is 10.5 Å². The van der Waals surface area contributed by atoms with E-state index in [2.05, 4.69) is 5.32 Å². The van der Waals surface area contributed by atoms with E-state index in [1.54, 1.807) is 6.92 Å². The average Bonchev–Trinajstić information content (AvgIpc) is 2.47. The summed E-state index contributed by atoms with van der Waals surface area (Å²) in [5, 5.41) is 2.22. The highest BCUT2D eigenvalue weighted by Crippen LogP contribution is 2.14. The van der Waals surface area contributed by atoms with E-state index in [9.17, 15) is 23.2 Å². The predicted octanol–water partition coefficient (Wildman–Crippen LogP) is 1.14. The lowest BCUT2D eigenvalue weighted by molar-refractivity contribution is -0.144. The second-order valence-electron chi connectivity index (χ2n) is 4.94. The van der Waals surface area contributed by atoms with E-state index in [-0.39, 0.29) is 13.0 Å². The van der Waals surface area contributed by atoms with Crippen LogP contribution < -0.4 is 11.1 Å². The van der Waals surface area contributed by atoms with Gasteiger partial charge in [0.1, 0.15) is 6.04 Å². The molecule has 0 aromatic heterocycles. The maximum Gasteiger partial charge on any atom is 0.306 e. The van der Waals surface area contributed by atoms with E-state index < -0.39 is 46.9 Å². The summed E-state index contributed by atoms with van der Waals surface area (Å²) in [5.74, 6) is -5.64. The van der Waals surface area contributed by atoms with Crippen molar-refractivity contribution in [1.29, 1.82) is 0 Å². The normalized spacial score (nSPS) is 13.0. The standard InChI is InChI=1S/C15H18F2N2O4/c1-3-23-11(20)7-8(2)13(14(18)21)19-15(22)9-5-4-6-10(16)12(9)17/h4-6,8,13H,3,7H2,1-2H3,(H2,18,21)(H,19,22)/t8-,13+/m0/s1. The van der Waals surface area contributed by atoms with Crippen molar-refractivity contribution >= 4 is 17.8 Å². The molecule has 0 saturated carbocycles. The number of rotatable bonds is 7. The average molecular weight is 328 g/mol. The number of hydrogen-bond acceptors (Lipinski definition) is 4. The Morgan fingerprint density at radius 2 is 1.96 bits per heavy atom. The fourth-order valence-corrected chi connectivity index (χ4v) is 1.99. The topological polar surface area (TPSA) is 98.5 Å². The summed E-state index contributed by atoms with van der Waals surface area (Å²) >= 11 is 0. The number of amides is 2. The van der Waals surface area contributed by atoms with Gasteiger partial charge in [-0.25, -0.2) is 8.78 Å². The minimum Gasteiger partial charge on any atom is -0.466 e. The van der Waals surface area contributed by atoms with Crippen LogP contribution in [0.4, 0.5) is 8.78 Å². The largest absolute Gasteiger partial charge is 0.466 e. The Morgan fingerprint density at radius 1 is 1.30 bits per heavy atom. The van der Waals surface area contributed by atoms with E-state index in [1.807, 2.05) is 0 Å². The second-order valence-corrected chi connectivity index (χ2v) is 4.94. The summed E-state index contributed by atoms with van der Waals surface area (Å²) in [7, 11) is 0. The number of primary amides is 1. The van der Waals surface area contributed by atoms with Gasteiger partial charge < -0.3 is 15.8 Å². The summed E-state index contributed by atoms with van der Waals surface area (Å²) in [5.41, 5.74) is 4.65. The Hall–Kier alpha value is -2.51. The summed E-state index contributed by atoms with van der Waals surface area (Å²) in [6.07, 6.45) is -0.159. The molecule has 8 heteroatoms. The van der Waals surface area contributed by atoms with Crippen LogP contribution in [-0.2, 0) is 14.3 Å². The van der Waals surface area contributed by atoms with Crippen molar-refractivity contribution in [2.75, 3.05) is 6.61 Å². The van der Waals surface area contributed by atoms with Crippen molar-refractivity contribution in [3.8, 4) is 0 Å². The molecule has 0 radical (unpaired) electrons. The molecule has 2 atom stereocenters. The molecule has 2 amide bonds. The molecule has 1 aromatic rings. The highest BCUT2D eigenvalue weighted by Gasteiger charge is 2.28. The number of carbonyl (C=O) groups is 3. The van der Waals surface area contributed by atoms with Crippen LogP contribution in [0, 0.1) is 17.6 Å². The number of nitrogens with two attached hydrogens (primary N) is 1. The van der Waals surface area contributed by atoms with Gasteiger partial charge >= 0.3 is 5.97 Å². The smallest absolute Gasteiger partial charge is 0.306 e. The Morgan fingerprint density at radius 3 is 2.52 bits per heavy atom. The van der Waals surface area contributed by atoms with Gasteiger partial charge in [0.25, 0.3) is 5.91 Å². The zero-order valence-corrected chi connectivity index (χ0v) is 12.8. The third-order valence-corrected chi connectivity index (χ3v) is 3.15. The highest BCUT2D eigenvalue weighted by atomic mass is 19.2. The number of carbonyl (C=O) groups excluding carboxylic acids is 3. The van der Waals surface area contributed by atoms with Crippen LogP contribution in [0.5, 0.6) is 0 Å². The molecule has 3 N–H and O–H groups in total. The van der Waals surface area contributed by atoms with Crippen molar-refractivity contribution in [2.45, 2.75) is 26.3 Å². The van der Waals surface area contributed by atoms with E-state index >= 15 is 0 Å². The molecule has 0 heterocycles. The van der Waals surface area contributed by atoms with Crippen LogP contribution >= 0.6 is 0 Å². The lowest BCUT2D eigenvalue weighted by atomic mass is 9.97. The van der Waals surface area contributed by atoms with Gasteiger partial charge in [-0.3, -0.25) is 14.4 Å². The first-order chi connectivity index (χ1) is 10.8. The molecule has 0 fully saturated rings. The van der Waals surface area contributed by atoms with Gasteiger partial charge in [-0.15, -0.1) is 0 Å². The Balaban J connectivity index is 2.87. The van der Waals surface area contributed by atoms with E-state index in [1.165, 1.54) is 6.92 Å². The molecule has 0 saturated heterocycles. The lowest BCUT2D eigenvalue weighted by Crippen LogP contribution is -2.49. The van der Waals surface area contributed by atoms with Crippen molar-refractivity contribution in [1.82, 2.24) is 5.32 Å². The quantitative estimate of drug-likeness (QED) is 0.733. The van der Waals surface area contributed by atoms with Gasteiger partial charge in [-0.05, 0) is 25.0 Å². The molecule has 0 aliphatic heterocycles. The van der Waals surface area contributed by atoms with Crippen LogP contribution in [0.3, 0.4) is 0 Å². The number of benzene rings is 1. The molecule has 1 aromatic carbocycles. The molecule has 6 nitrogen and oxygen atoms in total. The zero-order valence-electron chi connectivity index (χ0n) is 12.8. The van der Waals surface area contributed by atoms with E-state index in [0.717, 1.165) is 18.2 Å². The first kappa shape index (κ1) is 18.5. The second kappa shape index (κ2) is 8.21. The number of ether oxygens (including phenoxy) is 1. The van der Waals surface area contributed by atoms with Gasteiger partial charge in [0.05, 0.1) is 18.6 Å².